The fourth-order valence-electron chi connectivity index (χ4n) is 3.09. The monoisotopic (exact) mass is 332 g/mol. The van der Waals surface area contributed by atoms with Crippen LogP contribution in [0.1, 0.15) is 13.8 Å². The van der Waals surface area contributed by atoms with E-state index in [4.69, 9.17) is 0 Å². The van der Waals surface area contributed by atoms with E-state index in [9.17, 15) is 0 Å². The Morgan fingerprint density at radius 1 is 1.04 bits per heavy atom. The van der Waals surface area contributed by atoms with Gasteiger partial charge in [0.15, 0.2) is 5.82 Å². The third-order valence-corrected chi connectivity index (χ3v) is 4.39. The molecule has 0 aliphatic carbocycles. The molecule has 25 heavy (non-hydrogen) atoms. The summed E-state index contributed by atoms with van der Waals surface area (Å²) in [5.74, 6) is 1.76. The van der Waals surface area contributed by atoms with Crippen LogP contribution in [-0.4, -0.2) is 33.3 Å². The SMILES string of the molecule is CCN(CC)c1nccc2cc(Nc3n[nH]c4cccnc34)ccc12. The van der Waals surface area contributed by atoms with Gasteiger partial charge >= 0.3 is 0 Å². The highest BCUT2D eigenvalue weighted by atomic mass is 15.2. The van der Waals surface area contributed by atoms with E-state index in [1.165, 1.54) is 0 Å². The molecule has 4 aromatic rings. The molecule has 3 aromatic heterocycles. The lowest BCUT2D eigenvalue weighted by atomic mass is 10.1. The number of H-pyrrole nitrogens is 1. The van der Waals surface area contributed by atoms with Crippen LogP contribution in [0.15, 0.2) is 48.8 Å². The average Bonchev–Trinajstić information content (AvgIpc) is 3.06. The lowest BCUT2D eigenvalue weighted by Crippen LogP contribution is -2.23. The van der Waals surface area contributed by atoms with Gasteiger partial charge in [-0.2, -0.15) is 5.10 Å². The molecule has 3 heterocycles. The van der Waals surface area contributed by atoms with Gasteiger partial charge in [0.2, 0.25) is 0 Å². The molecule has 0 amide bonds. The second kappa shape index (κ2) is 6.39. The molecule has 4 rings (SSSR count). The van der Waals surface area contributed by atoms with Crippen molar-refractivity contribution in [1.29, 1.82) is 0 Å². The molecule has 0 atom stereocenters. The number of nitrogens with zero attached hydrogens (tertiary/aromatic N) is 4. The van der Waals surface area contributed by atoms with Crippen LogP contribution in [0.5, 0.6) is 0 Å². The Bertz CT molecular complexity index is 1020. The predicted octanol–water partition coefficient (Wildman–Crippen LogP) is 4.10. The molecule has 0 unspecified atom stereocenters. The van der Waals surface area contributed by atoms with Gasteiger partial charge in [0.25, 0.3) is 0 Å². The summed E-state index contributed by atoms with van der Waals surface area (Å²) in [7, 11) is 0. The number of hydrogen-bond donors (Lipinski definition) is 2. The lowest BCUT2D eigenvalue weighted by molar-refractivity contribution is 0.852. The van der Waals surface area contributed by atoms with Gasteiger partial charge in [0.1, 0.15) is 11.3 Å². The molecule has 0 fully saturated rings. The Morgan fingerprint density at radius 2 is 1.92 bits per heavy atom. The third-order valence-electron chi connectivity index (χ3n) is 4.39. The molecule has 0 radical (unpaired) electrons. The summed E-state index contributed by atoms with van der Waals surface area (Å²) in [5, 5.41) is 13.0. The van der Waals surface area contributed by atoms with Crippen LogP contribution in [0.2, 0.25) is 0 Å². The molecule has 0 aliphatic heterocycles. The van der Waals surface area contributed by atoms with Crippen LogP contribution in [0.3, 0.4) is 0 Å². The fraction of sp³-hybridized carbons (Fsp3) is 0.211. The number of aromatic nitrogens is 4. The van der Waals surface area contributed by atoms with E-state index in [2.05, 4.69) is 62.4 Å². The molecular weight excluding hydrogens is 312 g/mol. The molecule has 126 valence electrons. The largest absolute Gasteiger partial charge is 0.357 e. The smallest absolute Gasteiger partial charge is 0.178 e. The van der Waals surface area contributed by atoms with Crippen LogP contribution in [0.4, 0.5) is 17.3 Å². The molecule has 0 spiro atoms. The van der Waals surface area contributed by atoms with Crippen molar-refractivity contribution in [3.8, 4) is 0 Å². The van der Waals surface area contributed by atoms with E-state index in [-0.39, 0.29) is 0 Å². The molecule has 1 aromatic carbocycles. The van der Waals surface area contributed by atoms with Crippen molar-refractivity contribution >= 4 is 39.1 Å². The maximum absolute atomic E-state index is 4.57. The van der Waals surface area contributed by atoms with Crippen LogP contribution in [-0.2, 0) is 0 Å². The quantitative estimate of drug-likeness (QED) is 0.576. The van der Waals surface area contributed by atoms with Crippen molar-refractivity contribution in [2.45, 2.75) is 13.8 Å². The highest BCUT2D eigenvalue weighted by Crippen LogP contribution is 2.29. The maximum atomic E-state index is 4.57. The van der Waals surface area contributed by atoms with Gasteiger partial charge < -0.3 is 10.2 Å². The van der Waals surface area contributed by atoms with Crippen molar-refractivity contribution in [1.82, 2.24) is 20.2 Å². The minimum absolute atomic E-state index is 0.730. The van der Waals surface area contributed by atoms with Gasteiger partial charge in [0.05, 0.1) is 5.52 Å². The molecule has 6 heteroatoms. The van der Waals surface area contributed by atoms with Crippen molar-refractivity contribution < 1.29 is 0 Å². The summed E-state index contributed by atoms with van der Waals surface area (Å²) in [6.07, 6.45) is 3.64. The number of anilines is 3. The van der Waals surface area contributed by atoms with Gasteiger partial charge in [-0.15, -0.1) is 0 Å². The molecule has 0 saturated carbocycles. The topological polar surface area (TPSA) is 69.7 Å². The minimum Gasteiger partial charge on any atom is -0.357 e. The van der Waals surface area contributed by atoms with E-state index >= 15 is 0 Å². The van der Waals surface area contributed by atoms with E-state index < -0.39 is 0 Å². The summed E-state index contributed by atoms with van der Waals surface area (Å²) >= 11 is 0. The Morgan fingerprint density at radius 3 is 2.76 bits per heavy atom. The zero-order valence-corrected chi connectivity index (χ0v) is 14.3. The maximum Gasteiger partial charge on any atom is 0.178 e. The number of fused-ring (bicyclic) bond motifs is 2. The zero-order valence-electron chi connectivity index (χ0n) is 14.3. The van der Waals surface area contributed by atoms with Crippen LogP contribution >= 0.6 is 0 Å². The van der Waals surface area contributed by atoms with E-state index in [0.29, 0.717) is 0 Å². The summed E-state index contributed by atoms with van der Waals surface area (Å²) < 4.78 is 0. The minimum atomic E-state index is 0.730. The summed E-state index contributed by atoms with van der Waals surface area (Å²) in [6, 6.07) is 12.2. The van der Waals surface area contributed by atoms with E-state index in [1.807, 2.05) is 24.4 Å². The van der Waals surface area contributed by atoms with E-state index in [1.54, 1.807) is 6.20 Å². The number of rotatable bonds is 5. The molecule has 0 saturated heterocycles. The Labute approximate surface area is 145 Å². The first kappa shape index (κ1) is 15.4. The number of aromatic amines is 1. The number of nitrogens with one attached hydrogen (secondary N) is 2. The number of pyridine rings is 2. The van der Waals surface area contributed by atoms with Crippen molar-refractivity contribution in [2.24, 2.45) is 0 Å². The van der Waals surface area contributed by atoms with Gasteiger partial charge in [-0.1, -0.05) is 0 Å². The predicted molar refractivity (Wildman–Crippen MR) is 102 cm³/mol. The molecule has 0 aliphatic rings. The fourth-order valence-corrected chi connectivity index (χ4v) is 3.09. The number of benzene rings is 1. The van der Waals surface area contributed by atoms with Crippen molar-refractivity contribution in [2.75, 3.05) is 23.3 Å². The second-order valence-corrected chi connectivity index (χ2v) is 5.84. The molecule has 6 nitrogen and oxygen atoms in total. The summed E-state index contributed by atoms with van der Waals surface area (Å²) in [6.45, 7) is 6.17. The summed E-state index contributed by atoms with van der Waals surface area (Å²) in [5.41, 5.74) is 2.73. The molecule has 2 N–H and O–H groups in total. The number of hydrogen-bond acceptors (Lipinski definition) is 5. The Kier molecular flexibility index (Phi) is 3.93. The van der Waals surface area contributed by atoms with Gasteiger partial charge in [-0.25, -0.2) is 4.98 Å². The van der Waals surface area contributed by atoms with Crippen LogP contribution < -0.4 is 10.2 Å². The molecule has 0 bridgehead atoms. The Hall–Kier alpha value is -3.15. The normalized spacial score (nSPS) is 11.1. The van der Waals surface area contributed by atoms with E-state index in [0.717, 1.165) is 52.2 Å². The summed E-state index contributed by atoms with van der Waals surface area (Å²) in [4.78, 5) is 11.2. The first-order valence-electron chi connectivity index (χ1n) is 8.50. The van der Waals surface area contributed by atoms with Gasteiger partial charge in [-0.05, 0) is 55.6 Å². The highest BCUT2D eigenvalue weighted by Gasteiger charge is 2.10. The Balaban J connectivity index is 1.72. The molecular formula is C19H20N6. The first-order valence-corrected chi connectivity index (χ1v) is 8.50. The standard InChI is InChI=1S/C19H20N6/c1-3-25(4-2)19-15-8-7-14(12-13(15)9-11-21-19)22-18-17-16(23-24-18)6-5-10-20-17/h5-12H,3-4H2,1-2H3,(H2,22,23,24). The zero-order chi connectivity index (χ0) is 17.2. The third kappa shape index (κ3) is 2.76. The van der Waals surface area contributed by atoms with Crippen LogP contribution in [0.25, 0.3) is 21.8 Å². The highest BCUT2D eigenvalue weighted by molar-refractivity contribution is 5.95. The van der Waals surface area contributed by atoms with Crippen LogP contribution in [0, 0.1) is 0 Å². The van der Waals surface area contributed by atoms with Gasteiger partial charge in [-0.3, -0.25) is 10.1 Å². The second-order valence-electron chi connectivity index (χ2n) is 5.84. The first-order chi connectivity index (χ1) is 12.3. The lowest BCUT2D eigenvalue weighted by Gasteiger charge is -2.21. The van der Waals surface area contributed by atoms with Crippen molar-refractivity contribution in [3.05, 3.63) is 48.8 Å². The van der Waals surface area contributed by atoms with Gasteiger partial charge in [0, 0.05) is 36.6 Å². The van der Waals surface area contributed by atoms with Crippen molar-refractivity contribution in [3.63, 3.8) is 0 Å². The average molecular weight is 332 g/mol.